The van der Waals surface area contributed by atoms with Crippen molar-refractivity contribution in [2.24, 2.45) is 10.6 Å². The lowest BCUT2D eigenvalue weighted by molar-refractivity contribution is 0.143. The molecular weight excluding hydrogens is 150 g/mol. The summed E-state index contributed by atoms with van der Waals surface area (Å²) in [6, 6.07) is 0. The van der Waals surface area contributed by atoms with Gasteiger partial charge in [-0.2, -0.15) is 0 Å². The number of nitrogens with zero attached hydrogens (tertiary/aromatic N) is 1. The molecule has 0 aromatic rings. The Morgan fingerprint density at radius 3 is 2.33 bits per heavy atom. The maximum absolute atomic E-state index is 5.08. The Labute approximate surface area is 76.0 Å². The van der Waals surface area contributed by atoms with E-state index in [2.05, 4.69) is 32.9 Å². The highest BCUT2D eigenvalue weighted by Gasteiger charge is 2.11. The number of oxime groups is 1. The normalized spacial score (nSPS) is 13.2. The Kier molecular flexibility index (Phi) is 4.95. The minimum Gasteiger partial charge on any atom is -0.396 e. The molecule has 0 atom stereocenters. The molecule has 0 saturated carbocycles. The molecule has 0 aliphatic rings. The SMILES string of the molecule is CCCO/N=C(\C)CC(C)(C)C. The molecule has 0 aliphatic heterocycles. The first-order valence-electron chi connectivity index (χ1n) is 4.61. The fourth-order valence-corrected chi connectivity index (χ4v) is 1.05. The first kappa shape index (κ1) is 11.5. The van der Waals surface area contributed by atoms with Gasteiger partial charge in [-0.1, -0.05) is 32.9 Å². The van der Waals surface area contributed by atoms with Crippen LogP contribution in [0.2, 0.25) is 0 Å². The fraction of sp³-hybridized carbons (Fsp3) is 0.900. The predicted octanol–water partition coefficient (Wildman–Crippen LogP) is 3.23. The molecule has 0 rings (SSSR count). The Morgan fingerprint density at radius 2 is 1.92 bits per heavy atom. The van der Waals surface area contributed by atoms with Gasteiger partial charge in [0.05, 0.1) is 5.71 Å². The van der Waals surface area contributed by atoms with Gasteiger partial charge in [0.1, 0.15) is 6.61 Å². The quantitative estimate of drug-likeness (QED) is 0.361. The van der Waals surface area contributed by atoms with Crippen molar-refractivity contribution in [3.8, 4) is 0 Å². The smallest absolute Gasteiger partial charge is 0.116 e. The molecule has 0 N–H and O–H groups in total. The monoisotopic (exact) mass is 171 g/mol. The minimum absolute atomic E-state index is 0.309. The van der Waals surface area contributed by atoms with Crippen molar-refractivity contribution in [1.29, 1.82) is 0 Å². The summed E-state index contributed by atoms with van der Waals surface area (Å²) >= 11 is 0. The van der Waals surface area contributed by atoms with Crippen molar-refractivity contribution in [3.63, 3.8) is 0 Å². The molecule has 0 radical (unpaired) electrons. The van der Waals surface area contributed by atoms with Gasteiger partial charge in [0, 0.05) is 0 Å². The second-order valence-corrected chi connectivity index (χ2v) is 4.40. The first-order valence-corrected chi connectivity index (χ1v) is 4.61. The maximum atomic E-state index is 5.08. The van der Waals surface area contributed by atoms with Crippen LogP contribution in [-0.4, -0.2) is 12.3 Å². The molecule has 2 nitrogen and oxygen atoms in total. The van der Waals surface area contributed by atoms with E-state index in [-0.39, 0.29) is 0 Å². The minimum atomic E-state index is 0.309. The second-order valence-electron chi connectivity index (χ2n) is 4.40. The molecule has 0 aromatic carbocycles. The summed E-state index contributed by atoms with van der Waals surface area (Å²) in [6.45, 7) is 11.4. The molecule has 0 aromatic heterocycles. The Hall–Kier alpha value is -0.530. The summed E-state index contributed by atoms with van der Waals surface area (Å²) in [5, 5.41) is 4.02. The van der Waals surface area contributed by atoms with Crippen LogP contribution >= 0.6 is 0 Å². The summed E-state index contributed by atoms with van der Waals surface area (Å²) < 4.78 is 0. The zero-order valence-corrected chi connectivity index (χ0v) is 8.98. The lowest BCUT2D eigenvalue weighted by atomic mass is 9.90. The third-order valence-corrected chi connectivity index (χ3v) is 1.30. The van der Waals surface area contributed by atoms with Crippen molar-refractivity contribution < 1.29 is 4.84 Å². The van der Waals surface area contributed by atoms with Gasteiger partial charge < -0.3 is 4.84 Å². The van der Waals surface area contributed by atoms with E-state index in [1.54, 1.807) is 0 Å². The van der Waals surface area contributed by atoms with Crippen LogP contribution in [0.25, 0.3) is 0 Å². The van der Waals surface area contributed by atoms with Crippen LogP contribution in [0.15, 0.2) is 5.16 Å². The van der Waals surface area contributed by atoms with Crippen LogP contribution in [-0.2, 0) is 4.84 Å². The van der Waals surface area contributed by atoms with Gasteiger partial charge in [0.15, 0.2) is 0 Å². The molecule has 0 aliphatic carbocycles. The average Bonchev–Trinajstić information content (AvgIpc) is 1.84. The zero-order valence-electron chi connectivity index (χ0n) is 8.98. The highest BCUT2D eigenvalue weighted by Crippen LogP contribution is 2.18. The van der Waals surface area contributed by atoms with E-state index in [1.807, 2.05) is 6.92 Å². The Bertz CT molecular complexity index is 144. The molecule has 0 bridgehead atoms. The molecule has 2 heteroatoms. The van der Waals surface area contributed by atoms with Crippen LogP contribution in [0.5, 0.6) is 0 Å². The lowest BCUT2D eigenvalue weighted by Gasteiger charge is -2.16. The van der Waals surface area contributed by atoms with Crippen molar-refractivity contribution in [2.45, 2.75) is 47.5 Å². The zero-order chi connectivity index (χ0) is 9.61. The number of hydrogen-bond donors (Lipinski definition) is 0. The van der Waals surface area contributed by atoms with Gasteiger partial charge >= 0.3 is 0 Å². The van der Waals surface area contributed by atoms with E-state index in [0.29, 0.717) is 5.41 Å². The second kappa shape index (κ2) is 5.18. The Balaban J connectivity index is 3.70. The molecule has 0 amide bonds. The molecule has 0 unspecified atom stereocenters. The van der Waals surface area contributed by atoms with Gasteiger partial charge in [0.2, 0.25) is 0 Å². The first-order chi connectivity index (χ1) is 5.45. The average molecular weight is 171 g/mol. The summed E-state index contributed by atoms with van der Waals surface area (Å²) in [6.07, 6.45) is 2.02. The fourth-order valence-electron chi connectivity index (χ4n) is 1.05. The molecule has 12 heavy (non-hydrogen) atoms. The maximum Gasteiger partial charge on any atom is 0.116 e. The molecule has 0 fully saturated rings. The Morgan fingerprint density at radius 1 is 1.33 bits per heavy atom. The molecule has 0 saturated heterocycles. The highest BCUT2D eigenvalue weighted by atomic mass is 16.6. The summed E-state index contributed by atoms with van der Waals surface area (Å²) in [7, 11) is 0. The van der Waals surface area contributed by atoms with Crippen LogP contribution in [0, 0.1) is 5.41 Å². The van der Waals surface area contributed by atoms with E-state index >= 15 is 0 Å². The van der Waals surface area contributed by atoms with Gasteiger partial charge in [-0.15, -0.1) is 0 Å². The van der Waals surface area contributed by atoms with Gasteiger partial charge in [-0.3, -0.25) is 0 Å². The van der Waals surface area contributed by atoms with Crippen molar-refractivity contribution in [3.05, 3.63) is 0 Å². The van der Waals surface area contributed by atoms with Crippen LogP contribution in [0.1, 0.15) is 47.5 Å². The third kappa shape index (κ3) is 7.58. The predicted molar refractivity (Wildman–Crippen MR) is 53.4 cm³/mol. The van der Waals surface area contributed by atoms with E-state index in [1.165, 1.54) is 0 Å². The largest absolute Gasteiger partial charge is 0.396 e. The van der Waals surface area contributed by atoms with Crippen LogP contribution in [0.4, 0.5) is 0 Å². The number of rotatable bonds is 4. The van der Waals surface area contributed by atoms with E-state index < -0.39 is 0 Å². The molecule has 0 spiro atoms. The third-order valence-electron chi connectivity index (χ3n) is 1.30. The summed E-state index contributed by atoms with van der Waals surface area (Å²) in [5.74, 6) is 0. The van der Waals surface area contributed by atoms with Gasteiger partial charge in [-0.25, -0.2) is 0 Å². The standard InChI is InChI=1S/C10H21NO/c1-6-7-12-11-9(2)8-10(3,4)5/h6-8H2,1-5H3/b11-9+. The molecular formula is C10H21NO. The van der Waals surface area contributed by atoms with E-state index in [9.17, 15) is 0 Å². The van der Waals surface area contributed by atoms with Gasteiger partial charge in [0.25, 0.3) is 0 Å². The lowest BCUT2D eigenvalue weighted by Crippen LogP contribution is -2.10. The van der Waals surface area contributed by atoms with Crippen LogP contribution < -0.4 is 0 Å². The van der Waals surface area contributed by atoms with E-state index in [4.69, 9.17) is 4.84 Å². The summed E-state index contributed by atoms with van der Waals surface area (Å²) in [5.41, 5.74) is 1.39. The van der Waals surface area contributed by atoms with Gasteiger partial charge in [-0.05, 0) is 25.2 Å². The molecule has 0 heterocycles. The number of hydrogen-bond acceptors (Lipinski definition) is 2. The molecule has 72 valence electrons. The topological polar surface area (TPSA) is 21.6 Å². The van der Waals surface area contributed by atoms with Crippen molar-refractivity contribution in [2.75, 3.05) is 6.61 Å². The van der Waals surface area contributed by atoms with Crippen LogP contribution in [0.3, 0.4) is 0 Å². The van der Waals surface area contributed by atoms with Crippen molar-refractivity contribution in [1.82, 2.24) is 0 Å². The summed E-state index contributed by atoms with van der Waals surface area (Å²) in [4.78, 5) is 5.08. The van der Waals surface area contributed by atoms with Crippen molar-refractivity contribution >= 4 is 5.71 Å². The highest BCUT2D eigenvalue weighted by molar-refractivity contribution is 5.81. The van der Waals surface area contributed by atoms with E-state index in [0.717, 1.165) is 25.2 Å².